The molecule has 33 heavy (non-hydrogen) atoms. The molecule has 0 aliphatic heterocycles. The maximum Gasteiger partial charge on any atom is 0.309 e. The van der Waals surface area contributed by atoms with Crippen molar-refractivity contribution in [2.45, 2.75) is 85.4 Å². The summed E-state index contributed by atoms with van der Waals surface area (Å²) in [6, 6.07) is 0. The van der Waals surface area contributed by atoms with E-state index in [2.05, 4.69) is 52.2 Å². The van der Waals surface area contributed by atoms with Gasteiger partial charge >= 0.3 is 5.97 Å². The zero-order valence-electron chi connectivity index (χ0n) is 21.7. The molecule has 0 spiro atoms. The fraction of sp³-hybridized carbons (Fsp3) is 0.643. The Morgan fingerprint density at radius 2 is 1.76 bits per heavy atom. The summed E-state index contributed by atoms with van der Waals surface area (Å²) in [5.74, 6) is -0.371. The summed E-state index contributed by atoms with van der Waals surface area (Å²) in [7, 11) is 1.56. The number of ketones is 1. The number of methoxy groups -OCH3 is 1. The largest absolute Gasteiger partial charge is 0.455 e. The summed E-state index contributed by atoms with van der Waals surface area (Å²) < 4.78 is 16.7. The molecular formula is C28H46O5. The lowest BCUT2D eigenvalue weighted by Gasteiger charge is -2.27. The van der Waals surface area contributed by atoms with Gasteiger partial charge in [0.1, 0.15) is 24.8 Å². The highest BCUT2D eigenvalue weighted by atomic mass is 16.7. The summed E-state index contributed by atoms with van der Waals surface area (Å²) in [4.78, 5) is 25.0. The molecule has 0 heterocycles. The number of Topliss-reactive ketones (excluding diaryl/α,β-unsaturated/α-hetero) is 1. The van der Waals surface area contributed by atoms with Gasteiger partial charge in [-0.2, -0.15) is 0 Å². The average Bonchev–Trinajstić information content (AvgIpc) is 2.80. The maximum absolute atomic E-state index is 12.7. The predicted molar refractivity (Wildman–Crippen MR) is 136 cm³/mol. The number of hydrogen-bond donors (Lipinski definition) is 0. The summed E-state index contributed by atoms with van der Waals surface area (Å²) in [6.45, 7) is 17.6. The molecule has 0 rings (SSSR count). The quantitative estimate of drug-likeness (QED) is 0.0936. The molecule has 0 radical (unpaired) electrons. The Balaban J connectivity index is 5.01. The molecule has 0 aromatic heterocycles. The monoisotopic (exact) mass is 462 g/mol. The Morgan fingerprint density at radius 1 is 1.06 bits per heavy atom. The third kappa shape index (κ3) is 14.0. The van der Waals surface area contributed by atoms with Crippen LogP contribution in [0.4, 0.5) is 0 Å². The van der Waals surface area contributed by atoms with Crippen LogP contribution in [0, 0.1) is 17.8 Å². The van der Waals surface area contributed by atoms with E-state index in [1.54, 1.807) is 20.1 Å². The van der Waals surface area contributed by atoms with Gasteiger partial charge in [0, 0.05) is 19.4 Å². The van der Waals surface area contributed by atoms with E-state index >= 15 is 0 Å². The van der Waals surface area contributed by atoms with Crippen LogP contribution in [0.15, 0.2) is 49.1 Å². The SMILES string of the molecule is C=CCC[C@H](C)C(=O)CC[C@H](C)C(=O)O[C@@H](C=C)[C@H](C[C@@H](C)/C=C(C)/C=C/CC)OCOC. The van der Waals surface area contributed by atoms with Crippen LogP contribution in [0.5, 0.6) is 0 Å². The minimum Gasteiger partial charge on any atom is -0.455 e. The molecule has 0 N–H and O–H groups in total. The number of esters is 1. The Bertz CT molecular complexity index is 649. The van der Waals surface area contributed by atoms with Crippen LogP contribution >= 0.6 is 0 Å². The van der Waals surface area contributed by atoms with E-state index in [-0.39, 0.29) is 42.4 Å². The lowest BCUT2D eigenvalue weighted by atomic mass is 9.94. The van der Waals surface area contributed by atoms with Gasteiger partial charge in [0.2, 0.25) is 0 Å². The lowest BCUT2D eigenvalue weighted by molar-refractivity contribution is -0.165. The van der Waals surface area contributed by atoms with Crippen LogP contribution in [0.2, 0.25) is 0 Å². The van der Waals surface area contributed by atoms with Crippen LogP contribution < -0.4 is 0 Å². The summed E-state index contributed by atoms with van der Waals surface area (Å²) in [5.41, 5.74) is 1.18. The molecule has 0 unspecified atom stereocenters. The number of allylic oxidation sites excluding steroid dienone is 5. The first-order valence-corrected chi connectivity index (χ1v) is 12.1. The molecule has 0 bridgehead atoms. The normalized spacial score (nSPS) is 16.6. The van der Waals surface area contributed by atoms with Gasteiger partial charge in [0.25, 0.3) is 0 Å². The van der Waals surface area contributed by atoms with Crippen LogP contribution in [-0.2, 0) is 23.8 Å². The molecule has 0 saturated heterocycles. The summed E-state index contributed by atoms with van der Waals surface area (Å²) in [5, 5.41) is 0. The van der Waals surface area contributed by atoms with Crippen molar-refractivity contribution in [2.24, 2.45) is 17.8 Å². The third-order valence-electron chi connectivity index (χ3n) is 5.60. The first-order chi connectivity index (χ1) is 15.7. The summed E-state index contributed by atoms with van der Waals surface area (Å²) >= 11 is 0. The Kier molecular flexibility index (Phi) is 17.3. The van der Waals surface area contributed by atoms with Crippen molar-refractivity contribution in [2.75, 3.05) is 13.9 Å². The van der Waals surface area contributed by atoms with E-state index < -0.39 is 6.10 Å². The van der Waals surface area contributed by atoms with Crippen LogP contribution in [-0.4, -0.2) is 37.9 Å². The molecule has 5 nitrogen and oxygen atoms in total. The zero-order chi connectivity index (χ0) is 25.2. The minimum absolute atomic E-state index is 0.0239. The standard InChI is InChI=1S/C28H46O5/c1-9-12-14-21(4)18-22(5)19-27(32-20-31-8)26(11-3)33-28(30)24(7)16-17-25(29)23(6)15-13-10-2/h10-12,14,18,22-24,26-27H,2-3,9,13,15-17,19-20H2,1,4-8H3/b14-12+,21-18+/t22-,23-,24-,26-,27-/m0/s1. The second kappa shape index (κ2) is 18.4. The second-order valence-electron chi connectivity index (χ2n) is 8.86. The summed E-state index contributed by atoms with van der Waals surface area (Å²) in [6.07, 6.45) is 12.9. The maximum atomic E-state index is 12.7. The Labute approximate surface area is 201 Å². The van der Waals surface area contributed by atoms with Gasteiger partial charge in [0.05, 0.1) is 5.92 Å². The number of hydrogen-bond acceptors (Lipinski definition) is 5. The van der Waals surface area contributed by atoms with Gasteiger partial charge in [0.15, 0.2) is 0 Å². The molecule has 0 aliphatic rings. The lowest BCUT2D eigenvalue weighted by Crippen LogP contribution is -2.35. The van der Waals surface area contributed by atoms with Gasteiger partial charge in [-0.05, 0) is 51.0 Å². The first-order valence-electron chi connectivity index (χ1n) is 12.1. The van der Waals surface area contributed by atoms with E-state index in [0.29, 0.717) is 19.3 Å². The van der Waals surface area contributed by atoms with Crippen molar-refractivity contribution in [3.05, 3.63) is 49.1 Å². The van der Waals surface area contributed by atoms with Gasteiger partial charge < -0.3 is 14.2 Å². The van der Waals surface area contributed by atoms with E-state index in [9.17, 15) is 9.59 Å². The fourth-order valence-corrected chi connectivity index (χ4v) is 3.47. The van der Waals surface area contributed by atoms with Crippen molar-refractivity contribution >= 4 is 11.8 Å². The smallest absolute Gasteiger partial charge is 0.309 e. The van der Waals surface area contributed by atoms with Gasteiger partial charge in [-0.3, -0.25) is 9.59 Å². The fourth-order valence-electron chi connectivity index (χ4n) is 3.47. The van der Waals surface area contributed by atoms with E-state index in [1.165, 1.54) is 5.57 Å². The van der Waals surface area contributed by atoms with Crippen LogP contribution in [0.3, 0.4) is 0 Å². The van der Waals surface area contributed by atoms with E-state index in [4.69, 9.17) is 14.2 Å². The predicted octanol–water partition coefficient (Wildman–Crippen LogP) is 6.60. The average molecular weight is 463 g/mol. The molecule has 5 atom stereocenters. The third-order valence-corrected chi connectivity index (χ3v) is 5.60. The van der Waals surface area contributed by atoms with Crippen molar-refractivity contribution < 1.29 is 23.8 Å². The Morgan fingerprint density at radius 3 is 2.33 bits per heavy atom. The number of rotatable bonds is 19. The van der Waals surface area contributed by atoms with Crippen molar-refractivity contribution in [1.82, 2.24) is 0 Å². The molecule has 0 saturated carbocycles. The molecule has 188 valence electrons. The highest BCUT2D eigenvalue weighted by molar-refractivity contribution is 5.81. The molecule has 0 fully saturated rings. The molecular weight excluding hydrogens is 416 g/mol. The molecule has 0 aliphatic carbocycles. The van der Waals surface area contributed by atoms with E-state index in [0.717, 1.165) is 19.3 Å². The highest BCUT2D eigenvalue weighted by Crippen LogP contribution is 2.21. The topological polar surface area (TPSA) is 61.8 Å². The molecule has 0 amide bonds. The zero-order valence-corrected chi connectivity index (χ0v) is 21.7. The van der Waals surface area contributed by atoms with Crippen molar-refractivity contribution in [3.8, 4) is 0 Å². The molecule has 5 heteroatoms. The number of carbonyl (C=O) groups excluding carboxylic acids is 2. The van der Waals surface area contributed by atoms with Gasteiger partial charge in [-0.1, -0.05) is 64.2 Å². The van der Waals surface area contributed by atoms with Crippen molar-refractivity contribution in [3.63, 3.8) is 0 Å². The minimum atomic E-state index is -0.598. The highest BCUT2D eigenvalue weighted by Gasteiger charge is 2.27. The first kappa shape index (κ1) is 31.0. The second-order valence-corrected chi connectivity index (χ2v) is 8.86. The van der Waals surface area contributed by atoms with Gasteiger partial charge in [-0.15, -0.1) is 6.58 Å². The Hall–Kier alpha value is -1.98. The molecule has 0 aromatic carbocycles. The van der Waals surface area contributed by atoms with Crippen LogP contribution in [0.1, 0.15) is 73.1 Å². The van der Waals surface area contributed by atoms with Crippen molar-refractivity contribution in [1.29, 1.82) is 0 Å². The number of ether oxygens (including phenoxy) is 3. The van der Waals surface area contributed by atoms with E-state index in [1.807, 2.05) is 13.0 Å². The van der Waals surface area contributed by atoms with Crippen LogP contribution in [0.25, 0.3) is 0 Å². The van der Waals surface area contributed by atoms with Gasteiger partial charge in [-0.25, -0.2) is 0 Å². The number of carbonyl (C=O) groups is 2. The molecule has 0 aromatic rings.